The molecule has 2 rings (SSSR count). The van der Waals surface area contributed by atoms with E-state index in [1.807, 2.05) is 0 Å². The number of aliphatic hydroxyl groups is 1. The van der Waals surface area contributed by atoms with Crippen LogP contribution in [0.2, 0.25) is 0 Å². The van der Waals surface area contributed by atoms with Crippen LogP contribution in [0, 0.1) is 5.82 Å². The summed E-state index contributed by atoms with van der Waals surface area (Å²) in [6.07, 6.45) is -4.68. The Kier molecular flexibility index (Phi) is 6.30. The monoisotopic (exact) mass is 388 g/mol. The standard InChI is InChI=1S/C18H16F4O3S/c1-25-16(23)17(24,11-26-15-8-6-14(19)7-9-15)10-12-2-4-13(5-3-12)18(20,21)22/h2-9,24H,10-11H2,1H3/t17-/m0/s1. The summed E-state index contributed by atoms with van der Waals surface area (Å²) in [5.74, 6) is -1.42. The number of alkyl halides is 3. The molecule has 0 heterocycles. The van der Waals surface area contributed by atoms with Crippen molar-refractivity contribution >= 4 is 17.7 Å². The molecule has 0 bridgehead atoms. The maximum Gasteiger partial charge on any atom is 0.416 e. The van der Waals surface area contributed by atoms with Gasteiger partial charge in [0.1, 0.15) is 5.82 Å². The average Bonchev–Trinajstić information content (AvgIpc) is 2.60. The summed E-state index contributed by atoms with van der Waals surface area (Å²) in [4.78, 5) is 12.6. The van der Waals surface area contributed by atoms with Crippen molar-refractivity contribution in [2.45, 2.75) is 23.1 Å². The third kappa shape index (κ3) is 5.22. The van der Waals surface area contributed by atoms with Gasteiger partial charge in [-0.3, -0.25) is 0 Å². The van der Waals surface area contributed by atoms with Gasteiger partial charge >= 0.3 is 12.1 Å². The zero-order valence-electron chi connectivity index (χ0n) is 13.7. The minimum atomic E-state index is -4.46. The molecule has 1 N–H and O–H groups in total. The van der Waals surface area contributed by atoms with Gasteiger partial charge in [-0.2, -0.15) is 13.2 Å². The molecule has 0 aliphatic heterocycles. The van der Waals surface area contributed by atoms with E-state index in [0.29, 0.717) is 10.5 Å². The first-order valence-corrected chi connectivity index (χ1v) is 8.48. The third-order valence-corrected chi connectivity index (χ3v) is 4.86. The summed E-state index contributed by atoms with van der Waals surface area (Å²) in [6, 6.07) is 9.68. The summed E-state index contributed by atoms with van der Waals surface area (Å²) in [5, 5.41) is 10.7. The molecule has 8 heteroatoms. The number of halogens is 4. The van der Waals surface area contributed by atoms with Crippen molar-refractivity contribution in [1.82, 2.24) is 0 Å². The molecule has 26 heavy (non-hydrogen) atoms. The molecule has 0 amide bonds. The van der Waals surface area contributed by atoms with Gasteiger partial charge in [-0.25, -0.2) is 9.18 Å². The van der Waals surface area contributed by atoms with Crippen LogP contribution in [0.3, 0.4) is 0 Å². The smallest absolute Gasteiger partial charge is 0.416 e. The molecule has 0 aliphatic rings. The predicted octanol–water partition coefficient (Wildman–Crippen LogP) is 4.08. The molecular weight excluding hydrogens is 372 g/mol. The van der Waals surface area contributed by atoms with Crippen LogP contribution in [0.4, 0.5) is 17.6 Å². The zero-order valence-corrected chi connectivity index (χ0v) is 14.5. The molecule has 0 spiro atoms. The highest BCUT2D eigenvalue weighted by Crippen LogP contribution is 2.31. The molecule has 140 valence electrons. The number of benzene rings is 2. The molecule has 0 fully saturated rings. The first-order chi connectivity index (χ1) is 12.1. The van der Waals surface area contributed by atoms with Crippen molar-refractivity contribution in [2.24, 2.45) is 0 Å². The van der Waals surface area contributed by atoms with Crippen molar-refractivity contribution in [3.8, 4) is 0 Å². The lowest BCUT2D eigenvalue weighted by Gasteiger charge is -2.25. The van der Waals surface area contributed by atoms with Gasteiger partial charge in [0, 0.05) is 17.1 Å². The van der Waals surface area contributed by atoms with E-state index in [4.69, 9.17) is 0 Å². The van der Waals surface area contributed by atoms with Crippen LogP contribution in [0.25, 0.3) is 0 Å². The molecule has 0 unspecified atom stereocenters. The summed E-state index contributed by atoms with van der Waals surface area (Å²) < 4.78 is 55.4. The molecule has 1 atom stereocenters. The van der Waals surface area contributed by atoms with E-state index in [1.165, 1.54) is 36.4 Å². The van der Waals surface area contributed by atoms with Gasteiger partial charge in [0.05, 0.1) is 12.7 Å². The molecule has 0 aliphatic carbocycles. The van der Waals surface area contributed by atoms with Crippen LogP contribution in [-0.4, -0.2) is 29.5 Å². The van der Waals surface area contributed by atoms with Gasteiger partial charge in [-0.05, 0) is 42.0 Å². The highest BCUT2D eigenvalue weighted by Gasteiger charge is 2.38. The summed E-state index contributed by atoms with van der Waals surface area (Å²) in [7, 11) is 1.11. The topological polar surface area (TPSA) is 46.5 Å². The van der Waals surface area contributed by atoms with Crippen LogP contribution in [0.5, 0.6) is 0 Å². The number of ether oxygens (including phenoxy) is 1. The van der Waals surface area contributed by atoms with Crippen molar-refractivity contribution in [3.63, 3.8) is 0 Å². The number of carbonyl (C=O) groups excluding carboxylic acids is 1. The number of hydrogen-bond acceptors (Lipinski definition) is 4. The minimum Gasteiger partial charge on any atom is -0.467 e. The third-order valence-electron chi connectivity index (χ3n) is 3.63. The first-order valence-electron chi connectivity index (χ1n) is 7.49. The fourth-order valence-corrected chi connectivity index (χ4v) is 3.21. The predicted molar refractivity (Wildman–Crippen MR) is 89.2 cm³/mol. The Hall–Kier alpha value is -2.06. The normalized spacial score (nSPS) is 13.9. The lowest BCUT2D eigenvalue weighted by molar-refractivity contribution is -0.159. The SMILES string of the molecule is COC(=O)[C@@](O)(CSc1ccc(F)cc1)Cc1ccc(C(F)(F)F)cc1. The van der Waals surface area contributed by atoms with Crippen LogP contribution >= 0.6 is 11.8 Å². The van der Waals surface area contributed by atoms with Crippen LogP contribution in [0.15, 0.2) is 53.4 Å². The lowest BCUT2D eigenvalue weighted by atomic mass is 9.95. The fraction of sp³-hybridized carbons (Fsp3) is 0.278. The largest absolute Gasteiger partial charge is 0.467 e. The van der Waals surface area contributed by atoms with Crippen molar-refractivity contribution < 1.29 is 32.2 Å². The first kappa shape index (κ1) is 20.3. The van der Waals surface area contributed by atoms with Gasteiger partial charge in [0.25, 0.3) is 0 Å². The molecule has 3 nitrogen and oxygen atoms in total. The second kappa shape index (κ2) is 8.09. The minimum absolute atomic E-state index is 0.105. The molecular formula is C18H16F4O3S. The van der Waals surface area contributed by atoms with Gasteiger partial charge in [-0.1, -0.05) is 12.1 Å². The second-order valence-corrected chi connectivity index (χ2v) is 6.69. The van der Waals surface area contributed by atoms with Crippen molar-refractivity contribution in [2.75, 3.05) is 12.9 Å². The lowest BCUT2D eigenvalue weighted by Crippen LogP contribution is -2.44. The molecule has 0 radical (unpaired) electrons. The van der Waals surface area contributed by atoms with E-state index >= 15 is 0 Å². The van der Waals surface area contributed by atoms with Crippen LogP contribution in [0.1, 0.15) is 11.1 Å². The van der Waals surface area contributed by atoms with Crippen LogP contribution in [-0.2, 0) is 22.1 Å². The summed E-state index contributed by atoms with van der Waals surface area (Å²) >= 11 is 1.11. The summed E-state index contributed by atoms with van der Waals surface area (Å²) in [6.45, 7) is 0. The van der Waals surface area contributed by atoms with Gasteiger partial charge in [0.15, 0.2) is 5.60 Å². The van der Waals surface area contributed by atoms with Gasteiger partial charge < -0.3 is 9.84 Å². The van der Waals surface area contributed by atoms with Gasteiger partial charge in [-0.15, -0.1) is 11.8 Å². The Morgan fingerprint density at radius 1 is 1.08 bits per heavy atom. The number of hydrogen-bond donors (Lipinski definition) is 1. The summed E-state index contributed by atoms with van der Waals surface area (Å²) in [5.41, 5.74) is -2.40. The number of esters is 1. The zero-order chi connectivity index (χ0) is 19.4. The Balaban J connectivity index is 2.15. The van der Waals surface area contributed by atoms with Crippen LogP contribution < -0.4 is 0 Å². The molecule has 0 saturated heterocycles. The number of thioether (sulfide) groups is 1. The number of methoxy groups -OCH3 is 1. The quantitative estimate of drug-likeness (QED) is 0.460. The van der Waals surface area contributed by atoms with E-state index in [1.54, 1.807) is 0 Å². The Morgan fingerprint density at radius 3 is 2.15 bits per heavy atom. The highest BCUT2D eigenvalue weighted by molar-refractivity contribution is 7.99. The number of carbonyl (C=O) groups is 1. The van der Waals surface area contributed by atoms with E-state index in [9.17, 15) is 27.5 Å². The van der Waals surface area contributed by atoms with Crippen molar-refractivity contribution in [3.05, 3.63) is 65.5 Å². The molecule has 2 aromatic rings. The van der Waals surface area contributed by atoms with E-state index in [0.717, 1.165) is 31.0 Å². The number of rotatable bonds is 6. The fourth-order valence-electron chi connectivity index (χ4n) is 2.25. The van der Waals surface area contributed by atoms with E-state index in [2.05, 4.69) is 4.74 Å². The maximum atomic E-state index is 12.9. The van der Waals surface area contributed by atoms with Crippen molar-refractivity contribution in [1.29, 1.82) is 0 Å². The molecule has 2 aromatic carbocycles. The van der Waals surface area contributed by atoms with E-state index < -0.39 is 29.1 Å². The Bertz CT molecular complexity index is 745. The molecule has 0 saturated carbocycles. The Morgan fingerprint density at radius 2 is 1.65 bits per heavy atom. The highest BCUT2D eigenvalue weighted by atomic mass is 32.2. The Labute approximate surface area is 152 Å². The maximum absolute atomic E-state index is 12.9. The van der Waals surface area contributed by atoms with Gasteiger partial charge in [0.2, 0.25) is 0 Å². The average molecular weight is 388 g/mol. The van der Waals surface area contributed by atoms with E-state index in [-0.39, 0.29) is 12.2 Å². The molecule has 0 aromatic heterocycles. The second-order valence-electron chi connectivity index (χ2n) is 5.64.